The Bertz CT molecular complexity index is 1180. The highest BCUT2D eigenvalue weighted by molar-refractivity contribution is 6.06. The van der Waals surface area contributed by atoms with Gasteiger partial charge in [-0.1, -0.05) is 55.7 Å². The maximum Gasteiger partial charge on any atom is 0.387 e. The molecule has 4 rings (SSSR count). The van der Waals surface area contributed by atoms with Crippen LogP contribution in [0.1, 0.15) is 57.1 Å². The number of hydrogen-bond acceptors (Lipinski definition) is 6. The zero-order valence-electron chi connectivity index (χ0n) is 20.9. The van der Waals surface area contributed by atoms with Crippen molar-refractivity contribution in [1.29, 1.82) is 0 Å². The van der Waals surface area contributed by atoms with Crippen LogP contribution in [0.2, 0.25) is 0 Å². The van der Waals surface area contributed by atoms with Crippen LogP contribution in [0.5, 0.6) is 11.5 Å². The van der Waals surface area contributed by atoms with Gasteiger partial charge in [0.1, 0.15) is 23.7 Å². The summed E-state index contributed by atoms with van der Waals surface area (Å²) < 4.78 is 35.5. The van der Waals surface area contributed by atoms with E-state index in [1.165, 1.54) is 25.0 Å². The van der Waals surface area contributed by atoms with E-state index >= 15 is 0 Å². The predicted octanol–water partition coefficient (Wildman–Crippen LogP) is 5.60. The van der Waals surface area contributed by atoms with Gasteiger partial charge in [-0.15, -0.1) is 0 Å². The SMILES string of the molecule is CCCCCCOc1ccc([C@]2(C)CC(c3ccc(OC(F)F)cc3)=C(N3N=NCC3=O)C(=O)N2)cc1. The number of unbranched alkanes of at least 4 members (excludes halogenated alkanes) is 3. The molecule has 2 heterocycles. The summed E-state index contributed by atoms with van der Waals surface area (Å²) in [6, 6.07) is 13.5. The molecule has 0 aliphatic carbocycles. The number of halogens is 2. The van der Waals surface area contributed by atoms with Crippen LogP contribution < -0.4 is 14.8 Å². The molecule has 0 saturated heterocycles. The Kier molecular flexibility index (Phi) is 8.15. The van der Waals surface area contributed by atoms with Crippen LogP contribution >= 0.6 is 0 Å². The summed E-state index contributed by atoms with van der Waals surface area (Å²) in [6.45, 7) is 1.60. The molecule has 196 valence electrons. The first-order valence-corrected chi connectivity index (χ1v) is 12.4. The average molecular weight is 513 g/mol. The Morgan fingerprint density at radius 3 is 2.35 bits per heavy atom. The normalized spacial score (nSPS) is 19.5. The summed E-state index contributed by atoms with van der Waals surface area (Å²) in [6.07, 6.45) is 4.79. The van der Waals surface area contributed by atoms with E-state index in [1.807, 2.05) is 31.2 Å². The van der Waals surface area contributed by atoms with Gasteiger partial charge in [-0.05, 0) is 54.3 Å². The summed E-state index contributed by atoms with van der Waals surface area (Å²) in [5, 5.41) is 11.6. The monoisotopic (exact) mass is 512 g/mol. The zero-order valence-corrected chi connectivity index (χ0v) is 20.9. The zero-order chi connectivity index (χ0) is 26.4. The minimum absolute atomic E-state index is 0.00820. The highest BCUT2D eigenvalue weighted by atomic mass is 19.3. The van der Waals surface area contributed by atoms with Crippen LogP contribution in [0.15, 0.2) is 64.6 Å². The topological polar surface area (TPSA) is 92.6 Å². The van der Waals surface area contributed by atoms with Gasteiger partial charge in [-0.25, -0.2) is 0 Å². The highest BCUT2D eigenvalue weighted by Gasteiger charge is 2.42. The molecular weight excluding hydrogens is 482 g/mol. The molecule has 0 saturated carbocycles. The number of carbonyl (C=O) groups is 2. The third kappa shape index (κ3) is 6.12. The molecule has 0 unspecified atom stereocenters. The van der Waals surface area contributed by atoms with E-state index in [0.717, 1.165) is 29.2 Å². The second-order valence-electron chi connectivity index (χ2n) is 9.22. The van der Waals surface area contributed by atoms with Crippen LogP contribution in [-0.2, 0) is 15.1 Å². The standard InChI is InChI=1S/C27H30F2N4O4/c1-3-4-5-6-15-36-20-13-9-19(10-14-20)27(2)16-22(18-7-11-21(12-8-18)37-26(28)29)24(25(35)31-27)33-23(34)17-30-32-33/h7-14,26H,3-6,15-17H2,1-2H3,(H,31,35)/t27-/m0/s1. The number of amides is 2. The molecule has 0 spiro atoms. The first-order chi connectivity index (χ1) is 17.8. The van der Waals surface area contributed by atoms with Crippen LogP contribution in [0.25, 0.3) is 5.57 Å². The third-order valence-corrected chi connectivity index (χ3v) is 6.41. The van der Waals surface area contributed by atoms with Gasteiger partial charge in [-0.3, -0.25) is 9.59 Å². The molecule has 2 aromatic rings. The van der Waals surface area contributed by atoms with Crippen molar-refractivity contribution < 1.29 is 27.8 Å². The van der Waals surface area contributed by atoms with Crippen molar-refractivity contribution in [2.75, 3.05) is 13.2 Å². The van der Waals surface area contributed by atoms with Crippen molar-refractivity contribution in [3.8, 4) is 11.5 Å². The van der Waals surface area contributed by atoms with Gasteiger partial charge >= 0.3 is 6.61 Å². The summed E-state index contributed by atoms with van der Waals surface area (Å²) in [4.78, 5) is 25.8. The van der Waals surface area contributed by atoms with E-state index in [2.05, 4.69) is 27.3 Å². The van der Waals surface area contributed by atoms with Crippen LogP contribution in [0.3, 0.4) is 0 Å². The summed E-state index contributed by atoms with van der Waals surface area (Å²) in [5.41, 5.74) is 1.23. The first kappa shape index (κ1) is 26.2. The van der Waals surface area contributed by atoms with E-state index in [4.69, 9.17) is 4.74 Å². The number of hydrogen-bond donors (Lipinski definition) is 1. The summed E-state index contributed by atoms with van der Waals surface area (Å²) in [7, 11) is 0. The Morgan fingerprint density at radius 1 is 1.03 bits per heavy atom. The molecule has 2 aliphatic heterocycles. The molecule has 0 aromatic heterocycles. The quantitative estimate of drug-likeness (QED) is 0.397. The van der Waals surface area contributed by atoms with E-state index in [1.54, 1.807) is 12.1 Å². The second kappa shape index (κ2) is 11.5. The molecule has 10 heteroatoms. The van der Waals surface area contributed by atoms with Crippen molar-refractivity contribution in [2.45, 2.75) is 58.1 Å². The molecule has 37 heavy (non-hydrogen) atoms. The van der Waals surface area contributed by atoms with Crippen molar-refractivity contribution in [3.05, 3.63) is 65.4 Å². The molecule has 1 N–H and O–H groups in total. The van der Waals surface area contributed by atoms with Gasteiger partial charge in [-0.2, -0.15) is 18.9 Å². The molecule has 1 atom stereocenters. The van der Waals surface area contributed by atoms with Crippen LogP contribution in [0.4, 0.5) is 8.78 Å². The number of rotatable bonds is 11. The molecule has 0 bridgehead atoms. The van der Waals surface area contributed by atoms with E-state index in [9.17, 15) is 18.4 Å². The van der Waals surface area contributed by atoms with Crippen LogP contribution in [0, 0.1) is 0 Å². The lowest BCUT2D eigenvalue weighted by Crippen LogP contribution is -2.50. The number of alkyl halides is 2. The van der Waals surface area contributed by atoms with E-state index < -0.39 is 24.0 Å². The van der Waals surface area contributed by atoms with Gasteiger partial charge in [0.25, 0.3) is 11.8 Å². The molecular formula is C27H30F2N4O4. The number of ether oxygens (including phenoxy) is 2. The summed E-state index contributed by atoms with van der Waals surface area (Å²) in [5.74, 6) is -0.169. The van der Waals surface area contributed by atoms with E-state index in [-0.39, 0.29) is 18.0 Å². The maximum absolute atomic E-state index is 13.4. The fourth-order valence-corrected chi connectivity index (χ4v) is 4.48. The number of benzene rings is 2. The number of nitrogens with zero attached hydrogens (tertiary/aromatic N) is 3. The number of nitrogens with one attached hydrogen (secondary N) is 1. The predicted molar refractivity (Wildman–Crippen MR) is 133 cm³/mol. The van der Waals surface area contributed by atoms with Gasteiger partial charge < -0.3 is 14.8 Å². The maximum atomic E-state index is 13.4. The van der Waals surface area contributed by atoms with Gasteiger partial charge in [0.15, 0.2) is 0 Å². The van der Waals surface area contributed by atoms with Crippen molar-refractivity contribution in [3.63, 3.8) is 0 Å². The molecule has 8 nitrogen and oxygen atoms in total. The third-order valence-electron chi connectivity index (χ3n) is 6.41. The van der Waals surface area contributed by atoms with Crippen molar-refractivity contribution in [1.82, 2.24) is 10.3 Å². The van der Waals surface area contributed by atoms with Gasteiger partial charge in [0, 0.05) is 6.42 Å². The molecule has 2 aromatic carbocycles. The van der Waals surface area contributed by atoms with Crippen LogP contribution in [-0.4, -0.2) is 36.6 Å². The Balaban J connectivity index is 1.61. The van der Waals surface area contributed by atoms with Gasteiger partial charge in [0.05, 0.1) is 12.1 Å². The fourth-order valence-electron chi connectivity index (χ4n) is 4.48. The lowest BCUT2D eigenvalue weighted by atomic mass is 9.79. The number of carbonyl (C=O) groups excluding carboxylic acids is 2. The minimum atomic E-state index is -2.95. The Morgan fingerprint density at radius 2 is 1.73 bits per heavy atom. The second-order valence-corrected chi connectivity index (χ2v) is 9.22. The molecule has 0 fully saturated rings. The van der Waals surface area contributed by atoms with Crippen molar-refractivity contribution >= 4 is 17.4 Å². The Labute approximate surface area is 214 Å². The minimum Gasteiger partial charge on any atom is -0.494 e. The first-order valence-electron chi connectivity index (χ1n) is 12.4. The fraction of sp³-hybridized carbons (Fsp3) is 0.407. The summed E-state index contributed by atoms with van der Waals surface area (Å²) >= 11 is 0. The van der Waals surface area contributed by atoms with Gasteiger partial charge in [0.2, 0.25) is 0 Å². The highest BCUT2D eigenvalue weighted by Crippen LogP contribution is 2.40. The van der Waals surface area contributed by atoms with Crippen molar-refractivity contribution in [2.24, 2.45) is 10.3 Å². The smallest absolute Gasteiger partial charge is 0.387 e. The lowest BCUT2D eigenvalue weighted by molar-refractivity contribution is -0.130. The largest absolute Gasteiger partial charge is 0.494 e. The molecule has 2 aliphatic rings. The van der Waals surface area contributed by atoms with E-state index in [0.29, 0.717) is 24.2 Å². The average Bonchev–Trinajstić information content (AvgIpc) is 3.29. The molecule has 0 radical (unpaired) electrons. The Hall–Kier alpha value is -3.82. The lowest BCUT2D eigenvalue weighted by Gasteiger charge is -2.38. The molecule has 2 amide bonds.